The third-order valence-electron chi connectivity index (χ3n) is 4.61. The molecular weight excluding hydrogens is 346 g/mol. The summed E-state index contributed by atoms with van der Waals surface area (Å²) in [5.41, 5.74) is 8.57. The molecule has 1 atom stereocenters. The fourth-order valence-electron chi connectivity index (χ4n) is 3.24. The lowest BCUT2D eigenvalue weighted by molar-refractivity contribution is 0.00479. The molecule has 1 aliphatic heterocycles. The van der Waals surface area contributed by atoms with Gasteiger partial charge in [-0.15, -0.1) is 0 Å². The van der Waals surface area contributed by atoms with E-state index in [1.165, 1.54) is 0 Å². The number of morpholine rings is 1. The smallest absolute Gasteiger partial charge is 0.132 e. The minimum atomic E-state index is -0.586. The van der Waals surface area contributed by atoms with Crippen LogP contribution < -0.4 is 10.5 Å². The van der Waals surface area contributed by atoms with E-state index >= 15 is 0 Å². The van der Waals surface area contributed by atoms with Crippen LogP contribution in [0.3, 0.4) is 0 Å². The SMILES string of the molecule is Nc1cc(OC[C@H](O)CN2CCOCC2)c2ccc(-c3ccn[nH]3)cc2n1. The minimum Gasteiger partial charge on any atom is -0.490 e. The molecule has 3 heterocycles. The van der Waals surface area contributed by atoms with Crippen molar-refractivity contribution in [2.24, 2.45) is 0 Å². The fourth-order valence-corrected chi connectivity index (χ4v) is 3.24. The number of nitrogens with two attached hydrogens (primary N) is 1. The number of nitrogens with one attached hydrogen (secondary N) is 1. The van der Waals surface area contributed by atoms with Gasteiger partial charge in [0.15, 0.2) is 0 Å². The zero-order valence-corrected chi connectivity index (χ0v) is 15.0. The zero-order chi connectivity index (χ0) is 18.6. The second kappa shape index (κ2) is 7.91. The fraction of sp³-hybridized carbons (Fsp3) is 0.368. The number of aliphatic hydroxyl groups excluding tert-OH is 1. The monoisotopic (exact) mass is 369 g/mol. The summed E-state index contributed by atoms with van der Waals surface area (Å²) in [7, 11) is 0. The van der Waals surface area contributed by atoms with Crippen LogP contribution in [0.1, 0.15) is 0 Å². The van der Waals surface area contributed by atoms with Crippen LogP contribution >= 0.6 is 0 Å². The number of fused-ring (bicyclic) bond motifs is 1. The number of nitrogen functional groups attached to an aromatic ring is 1. The molecular formula is C19H23N5O3. The molecule has 4 N–H and O–H groups in total. The number of nitrogens with zero attached hydrogens (tertiary/aromatic N) is 3. The Labute approximate surface area is 156 Å². The number of aliphatic hydroxyl groups is 1. The van der Waals surface area contributed by atoms with E-state index in [4.69, 9.17) is 15.2 Å². The van der Waals surface area contributed by atoms with E-state index in [9.17, 15) is 5.11 Å². The predicted octanol–water partition coefficient (Wildman–Crippen LogP) is 1.28. The number of aromatic nitrogens is 3. The van der Waals surface area contributed by atoms with Gasteiger partial charge in [-0.25, -0.2) is 4.98 Å². The van der Waals surface area contributed by atoms with Gasteiger partial charge in [0.1, 0.15) is 24.3 Å². The summed E-state index contributed by atoms with van der Waals surface area (Å²) >= 11 is 0. The molecule has 0 radical (unpaired) electrons. The van der Waals surface area contributed by atoms with Crippen molar-refractivity contribution in [3.8, 4) is 17.0 Å². The standard InChI is InChI=1S/C19H23N5O3/c20-19-10-18(27-12-14(25)11-24-5-7-26-8-6-24)15-2-1-13(9-17(15)22-19)16-3-4-21-23-16/h1-4,9-10,14,25H,5-8,11-12H2,(H2,20,22)(H,21,23)/t14-/m1/s1. The first-order valence-electron chi connectivity index (χ1n) is 9.00. The number of anilines is 1. The third kappa shape index (κ3) is 4.19. The largest absolute Gasteiger partial charge is 0.490 e. The van der Waals surface area contributed by atoms with Crippen molar-refractivity contribution in [2.45, 2.75) is 6.10 Å². The van der Waals surface area contributed by atoms with Crippen molar-refractivity contribution in [1.82, 2.24) is 20.1 Å². The van der Waals surface area contributed by atoms with E-state index in [1.807, 2.05) is 24.3 Å². The van der Waals surface area contributed by atoms with Crippen molar-refractivity contribution in [2.75, 3.05) is 45.2 Å². The molecule has 1 aliphatic rings. The highest BCUT2D eigenvalue weighted by Crippen LogP contribution is 2.30. The summed E-state index contributed by atoms with van der Waals surface area (Å²) in [4.78, 5) is 6.58. The van der Waals surface area contributed by atoms with Gasteiger partial charge in [-0.1, -0.05) is 6.07 Å². The van der Waals surface area contributed by atoms with Crippen molar-refractivity contribution < 1.29 is 14.6 Å². The third-order valence-corrected chi connectivity index (χ3v) is 4.61. The van der Waals surface area contributed by atoms with Gasteiger partial charge in [0.05, 0.1) is 24.4 Å². The molecule has 142 valence electrons. The number of ether oxygens (including phenoxy) is 2. The van der Waals surface area contributed by atoms with E-state index in [0.29, 0.717) is 31.3 Å². The number of hydrogen-bond acceptors (Lipinski definition) is 7. The number of rotatable bonds is 6. The van der Waals surface area contributed by atoms with Gasteiger partial charge in [-0.05, 0) is 18.2 Å². The molecule has 8 nitrogen and oxygen atoms in total. The molecule has 0 amide bonds. The molecule has 8 heteroatoms. The Morgan fingerprint density at radius 1 is 1.26 bits per heavy atom. The normalized spacial score (nSPS) is 16.5. The Hall–Kier alpha value is -2.68. The molecule has 1 saturated heterocycles. The molecule has 0 spiro atoms. The first kappa shape index (κ1) is 17.7. The zero-order valence-electron chi connectivity index (χ0n) is 15.0. The van der Waals surface area contributed by atoms with E-state index < -0.39 is 6.10 Å². The maximum absolute atomic E-state index is 10.3. The summed E-state index contributed by atoms with van der Waals surface area (Å²) in [5, 5.41) is 18.1. The number of aromatic amines is 1. The minimum absolute atomic E-state index is 0.193. The summed E-state index contributed by atoms with van der Waals surface area (Å²) in [6.07, 6.45) is 1.12. The van der Waals surface area contributed by atoms with Gasteiger partial charge in [0, 0.05) is 42.8 Å². The quantitative estimate of drug-likeness (QED) is 0.600. The van der Waals surface area contributed by atoms with Gasteiger partial charge >= 0.3 is 0 Å². The molecule has 0 aliphatic carbocycles. The van der Waals surface area contributed by atoms with E-state index in [2.05, 4.69) is 20.1 Å². The highest BCUT2D eigenvalue weighted by molar-refractivity contribution is 5.89. The molecule has 1 fully saturated rings. The Kier molecular flexibility index (Phi) is 5.19. The van der Waals surface area contributed by atoms with Crippen LogP contribution in [-0.2, 0) is 4.74 Å². The maximum atomic E-state index is 10.3. The molecule has 3 aromatic rings. The van der Waals surface area contributed by atoms with Crippen LogP contribution in [0.2, 0.25) is 0 Å². The number of hydrogen-bond donors (Lipinski definition) is 3. The van der Waals surface area contributed by atoms with Crippen LogP contribution in [0, 0.1) is 0 Å². The Bertz CT molecular complexity index is 894. The van der Waals surface area contributed by atoms with Crippen molar-refractivity contribution in [3.63, 3.8) is 0 Å². The Morgan fingerprint density at radius 2 is 2.11 bits per heavy atom. The second-order valence-corrected chi connectivity index (χ2v) is 6.63. The number of H-pyrrole nitrogens is 1. The van der Waals surface area contributed by atoms with Crippen LogP contribution in [0.4, 0.5) is 5.82 Å². The molecule has 1 aromatic carbocycles. The predicted molar refractivity (Wildman–Crippen MR) is 102 cm³/mol. The van der Waals surface area contributed by atoms with Crippen LogP contribution in [0.25, 0.3) is 22.2 Å². The second-order valence-electron chi connectivity index (χ2n) is 6.63. The number of benzene rings is 1. The highest BCUT2D eigenvalue weighted by atomic mass is 16.5. The van der Waals surface area contributed by atoms with Gasteiger partial charge in [0.25, 0.3) is 0 Å². The van der Waals surface area contributed by atoms with Crippen molar-refractivity contribution in [3.05, 3.63) is 36.5 Å². The lowest BCUT2D eigenvalue weighted by Crippen LogP contribution is -2.42. The number of β-amino-alcohol motifs (C(OH)–C–C–N with tert-alkyl or cyclic N) is 1. The molecule has 2 aromatic heterocycles. The molecule has 27 heavy (non-hydrogen) atoms. The van der Waals surface area contributed by atoms with Crippen molar-refractivity contribution in [1.29, 1.82) is 0 Å². The average Bonchev–Trinajstić information content (AvgIpc) is 3.21. The van der Waals surface area contributed by atoms with Gasteiger partial charge in [0.2, 0.25) is 0 Å². The average molecular weight is 369 g/mol. The molecule has 0 saturated carbocycles. The lowest BCUT2D eigenvalue weighted by atomic mass is 10.1. The molecule has 0 bridgehead atoms. The molecule has 4 rings (SSSR count). The van der Waals surface area contributed by atoms with Crippen molar-refractivity contribution >= 4 is 16.7 Å². The van der Waals surface area contributed by atoms with Crippen LogP contribution in [0.5, 0.6) is 5.75 Å². The first-order valence-corrected chi connectivity index (χ1v) is 9.00. The topological polar surface area (TPSA) is 110 Å². The Balaban J connectivity index is 1.49. The van der Waals surface area contributed by atoms with Gasteiger partial charge < -0.3 is 20.3 Å². The Morgan fingerprint density at radius 3 is 2.89 bits per heavy atom. The lowest BCUT2D eigenvalue weighted by Gasteiger charge is -2.28. The van der Waals surface area contributed by atoms with Gasteiger partial charge in [-0.2, -0.15) is 5.10 Å². The summed E-state index contributed by atoms with van der Waals surface area (Å²) in [5.74, 6) is 0.997. The van der Waals surface area contributed by atoms with E-state index in [1.54, 1.807) is 12.3 Å². The van der Waals surface area contributed by atoms with Crippen LogP contribution in [0.15, 0.2) is 36.5 Å². The van der Waals surface area contributed by atoms with Crippen LogP contribution in [-0.4, -0.2) is 70.7 Å². The highest BCUT2D eigenvalue weighted by Gasteiger charge is 2.16. The van der Waals surface area contributed by atoms with Gasteiger partial charge in [-0.3, -0.25) is 10.00 Å². The first-order chi connectivity index (χ1) is 13.2. The van der Waals surface area contributed by atoms with E-state index in [0.717, 1.165) is 35.2 Å². The molecule has 0 unspecified atom stereocenters. The summed E-state index contributed by atoms with van der Waals surface area (Å²) < 4.78 is 11.2. The summed E-state index contributed by atoms with van der Waals surface area (Å²) in [6.45, 7) is 3.83. The number of pyridine rings is 1. The van der Waals surface area contributed by atoms with E-state index in [-0.39, 0.29) is 6.61 Å². The summed E-state index contributed by atoms with van der Waals surface area (Å²) in [6, 6.07) is 9.45. The maximum Gasteiger partial charge on any atom is 0.132 e.